The summed E-state index contributed by atoms with van der Waals surface area (Å²) < 4.78 is 5.13. The van der Waals surface area contributed by atoms with Crippen LogP contribution in [0.3, 0.4) is 0 Å². The van der Waals surface area contributed by atoms with Gasteiger partial charge >= 0.3 is 5.97 Å². The third-order valence-electron chi connectivity index (χ3n) is 8.17. The summed E-state index contributed by atoms with van der Waals surface area (Å²) in [5.74, 6) is -0.281. The van der Waals surface area contributed by atoms with Crippen LogP contribution in [0, 0.1) is 19.3 Å². The SMILES string of the molecule is Cc1c(C(O)CN2CCC3(CC2)CCN(c2c(C)c(=O)c2=O)CC3)ccc2c1COC2=O. The van der Waals surface area contributed by atoms with E-state index in [1.54, 1.807) is 13.0 Å². The van der Waals surface area contributed by atoms with Gasteiger partial charge in [-0.1, -0.05) is 6.07 Å². The number of hydrogen-bond donors (Lipinski definition) is 1. The maximum Gasteiger partial charge on any atom is 0.338 e. The standard InChI is InChI=1S/C25H30N2O5/c1-15-17(3-4-18-19(15)14-32-24(18)31)20(28)13-26-9-5-25(6-10-26)7-11-27(12-8-25)21-16(2)22(29)23(21)30/h3-4,20,28H,5-14H2,1-2H3. The maximum absolute atomic E-state index is 11.9. The van der Waals surface area contributed by atoms with Crippen LogP contribution in [-0.4, -0.2) is 48.7 Å². The highest BCUT2D eigenvalue weighted by atomic mass is 16.5. The first kappa shape index (κ1) is 21.3. The minimum atomic E-state index is -0.594. The van der Waals surface area contributed by atoms with Gasteiger partial charge in [-0.2, -0.15) is 0 Å². The summed E-state index contributed by atoms with van der Waals surface area (Å²) >= 11 is 0. The number of rotatable bonds is 4. The first-order chi connectivity index (χ1) is 15.3. The number of cyclic esters (lactones) is 1. The van der Waals surface area contributed by atoms with Crippen molar-refractivity contribution >= 4 is 11.7 Å². The number of anilines is 1. The molecule has 2 saturated heterocycles. The lowest BCUT2D eigenvalue weighted by atomic mass is 9.71. The third-order valence-corrected chi connectivity index (χ3v) is 8.17. The van der Waals surface area contributed by atoms with Gasteiger partial charge in [0.1, 0.15) is 6.61 Å². The summed E-state index contributed by atoms with van der Waals surface area (Å²) in [4.78, 5) is 39.6. The summed E-state index contributed by atoms with van der Waals surface area (Å²) in [6.07, 6.45) is 3.66. The van der Waals surface area contributed by atoms with E-state index < -0.39 is 6.10 Å². The van der Waals surface area contributed by atoms with Gasteiger partial charge in [-0.3, -0.25) is 9.59 Å². The van der Waals surface area contributed by atoms with E-state index in [2.05, 4.69) is 9.80 Å². The molecule has 1 spiro atoms. The van der Waals surface area contributed by atoms with Crippen molar-refractivity contribution in [2.75, 3.05) is 37.6 Å². The zero-order valence-electron chi connectivity index (χ0n) is 18.8. The first-order valence-corrected chi connectivity index (χ1v) is 11.5. The molecule has 1 unspecified atom stereocenters. The molecule has 7 heteroatoms. The molecule has 2 aromatic rings. The van der Waals surface area contributed by atoms with Crippen molar-refractivity contribution in [1.82, 2.24) is 4.90 Å². The molecule has 3 heterocycles. The van der Waals surface area contributed by atoms with Crippen LogP contribution in [0.25, 0.3) is 0 Å². The molecule has 7 nitrogen and oxygen atoms in total. The average molecular weight is 439 g/mol. The molecule has 5 rings (SSSR count). The molecular weight excluding hydrogens is 408 g/mol. The largest absolute Gasteiger partial charge is 0.457 e. The predicted octanol–water partition coefficient (Wildman–Crippen LogP) is 1.99. The monoisotopic (exact) mass is 438 g/mol. The Balaban J connectivity index is 1.17. The molecule has 0 radical (unpaired) electrons. The van der Waals surface area contributed by atoms with Gasteiger partial charge in [0.2, 0.25) is 10.9 Å². The summed E-state index contributed by atoms with van der Waals surface area (Å²) in [5, 5.41) is 10.9. The molecule has 3 aliphatic rings. The molecule has 1 N–H and O–H groups in total. The van der Waals surface area contributed by atoms with Crippen LogP contribution in [0.4, 0.5) is 5.69 Å². The van der Waals surface area contributed by atoms with E-state index in [0.29, 0.717) is 35.4 Å². The van der Waals surface area contributed by atoms with Crippen molar-refractivity contribution in [3.8, 4) is 0 Å². The number of aliphatic hydroxyl groups is 1. The summed E-state index contributed by atoms with van der Waals surface area (Å²) in [7, 11) is 0. The summed E-state index contributed by atoms with van der Waals surface area (Å²) in [5.41, 5.74) is 4.25. The van der Waals surface area contributed by atoms with E-state index in [9.17, 15) is 19.5 Å². The Morgan fingerprint density at radius 3 is 2.28 bits per heavy atom. The van der Waals surface area contributed by atoms with Gasteiger partial charge in [-0.25, -0.2) is 4.79 Å². The Kier molecular flexibility index (Phi) is 5.21. The van der Waals surface area contributed by atoms with Gasteiger partial charge in [0, 0.05) is 30.8 Å². The van der Waals surface area contributed by atoms with E-state index in [1.807, 2.05) is 13.0 Å². The molecule has 0 amide bonds. The van der Waals surface area contributed by atoms with Gasteiger partial charge in [0.15, 0.2) is 0 Å². The number of piperidine rings is 2. The zero-order chi connectivity index (χ0) is 22.6. The molecule has 1 atom stereocenters. The molecule has 0 saturated carbocycles. The molecule has 3 aliphatic heterocycles. The second kappa shape index (κ2) is 7.81. The zero-order valence-corrected chi connectivity index (χ0v) is 18.8. The van der Waals surface area contributed by atoms with E-state index in [0.717, 1.165) is 68.6 Å². The highest BCUT2D eigenvalue weighted by Gasteiger charge is 2.39. The number of aliphatic hydroxyl groups excluding tert-OH is 1. The maximum atomic E-state index is 11.9. The Morgan fingerprint density at radius 2 is 1.62 bits per heavy atom. The lowest BCUT2D eigenvalue weighted by molar-refractivity contribution is 0.0447. The van der Waals surface area contributed by atoms with Crippen molar-refractivity contribution < 1.29 is 14.6 Å². The molecule has 32 heavy (non-hydrogen) atoms. The predicted molar refractivity (Wildman–Crippen MR) is 121 cm³/mol. The topological polar surface area (TPSA) is 87.2 Å². The summed E-state index contributed by atoms with van der Waals surface area (Å²) in [6, 6.07) is 3.63. The van der Waals surface area contributed by atoms with Crippen LogP contribution in [0.1, 0.15) is 64.4 Å². The number of ether oxygens (including phenoxy) is 1. The van der Waals surface area contributed by atoms with E-state index in [1.165, 1.54) is 0 Å². The fourth-order valence-electron chi connectivity index (χ4n) is 5.86. The number of carbonyl (C=O) groups excluding carboxylic acids is 1. The Labute approximate surface area is 187 Å². The normalized spacial score (nSPS) is 21.7. The lowest BCUT2D eigenvalue weighted by Crippen LogP contribution is -2.50. The van der Waals surface area contributed by atoms with Gasteiger partial charge < -0.3 is 19.6 Å². The number of β-amino-alcohol motifs (C(OH)–C–C–N with tert-alkyl or cyclic N) is 1. The number of nitrogens with zero attached hydrogens (tertiary/aromatic N) is 2. The quantitative estimate of drug-likeness (QED) is 0.577. The highest BCUT2D eigenvalue weighted by molar-refractivity contribution is 5.93. The van der Waals surface area contributed by atoms with Gasteiger partial charge in [0.25, 0.3) is 0 Å². The van der Waals surface area contributed by atoms with Gasteiger partial charge in [-0.05, 0) is 75.2 Å². The number of hydrogen-bond acceptors (Lipinski definition) is 7. The second-order valence-electron chi connectivity index (χ2n) is 9.82. The van der Waals surface area contributed by atoms with E-state index in [-0.39, 0.29) is 16.8 Å². The van der Waals surface area contributed by atoms with Crippen molar-refractivity contribution in [1.29, 1.82) is 0 Å². The van der Waals surface area contributed by atoms with Crippen molar-refractivity contribution in [3.63, 3.8) is 0 Å². The molecular formula is C25H30N2O5. The van der Waals surface area contributed by atoms with Crippen LogP contribution in [0.2, 0.25) is 0 Å². The third kappa shape index (κ3) is 3.39. The number of esters is 1. The Hall–Kier alpha value is -2.51. The molecule has 2 aromatic carbocycles. The lowest BCUT2D eigenvalue weighted by Gasteiger charge is -2.48. The smallest absolute Gasteiger partial charge is 0.338 e. The summed E-state index contributed by atoms with van der Waals surface area (Å²) in [6.45, 7) is 8.15. The van der Waals surface area contributed by atoms with Crippen molar-refractivity contribution in [2.24, 2.45) is 5.41 Å². The van der Waals surface area contributed by atoms with E-state index >= 15 is 0 Å². The van der Waals surface area contributed by atoms with Crippen LogP contribution in [0.5, 0.6) is 0 Å². The highest BCUT2D eigenvalue weighted by Crippen LogP contribution is 2.42. The minimum Gasteiger partial charge on any atom is -0.457 e. The van der Waals surface area contributed by atoms with Crippen LogP contribution < -0.4 is 15.8 Å². The van der Waals surface area contributed by atoms with Crippen LogP contribution in [0.15, 0.2) is 21.7 Å². The van der Waals surface area contributed by atoms with Crippen molar-refractivity contribution in [2.45, 2.75) is 52.2 Å². The molecule has 0 bridgehead atoms. The Morgan fingerprint density at radius 1 is 0.969 bits per heavy atom. The average Bonchev–Trinajstić information content (AvgIpc) is 3.18. The molecule has 0 aliphatic carbocycles. The second-order valence-corrected chi connectivity index (χ2v) is 9.82. The number of carbonyl (C=O) groups is 1. The Bertz CT molecular complexity index is 1130. The molecule has 0 aromatic heterocycles. The van der Waals surface area contributed by atoms with Crippen molar-refractivity contribution in [3.05, 3.63) is 60.4 Å². The number of fused-ring (bicyclic) bond motifs is 1. The van der Waals surface area contributed by atoms with Crippen LogP contribution in [-0.2, 0) is 11.3 Å². The minimum absolute atomic E-state index is 0.281. The van der Waals surface area contributed by atoms with Gasteiger partial charge in [0.05, 0.1) is 17.4 Å². The number of likely N-dealkylation sites (tertiary alicyclic amines) is 1. The fraction of sp³-hybridized carbons (Fsp3) is 0.560. The van der Waals surface area contributed by atoms with E-state index in [4.69, 9.17) is 4.74 Å². The number of benzene rings is 1. The van der Waals surface area contributed by atoms with Crippen LogP contribution >= 0.6 is 0 Å². The molecule has 170 valence electrons. The first-order valence-electron chi connectivity index (χ1n) is 11.5. The van der Waals surface area contributed by atoms with Gasteiger partial charge in [-0.15, -0.1) is 0 Å². The fourth-order valence-corrected chi connectivity index (χ4v) is 5.86. The molecule has 2 fully saturated rings.